The maximum Gasteiger partial charge on any atom is 0.118 e. The molecule has 2 fully saturated rings. The fourth-order valence-electron chi connectivity index (χ4n) is 5.75. The number of fused-ring (bicyclic) bond motifs is 1. The predicted octanol–water partition coefficient (Wildman–Crippen LogP) is 5.10. The normalized spacial score (nSPS) is 28.5. The molecule has 5 atom stereocenters. The summed E-state index contributed by atoms with van der Waals surface area (Å²) in [6.45, 7) is 3.68. The van der Waals surface area contributed by atoms with E-state index in [1.807, 2.05) is 0 Å². The van der Waals surface area contributed by atoms with Crippen LogP contribution in [0.3, 0.4) is 0 Å². The standard InChI is InChI=1S/C26H35NO2/c1-19(23-6-4-3-5-7-23)27-17-22(18-28)16-24-15-21(10-13-26(24)27)14-20-8-11-25(29-2)12-9-20/h3-9,11-12,19,21-22,24,26,28H,10,13-18H2,1-2H3/t19?,21-,22+,24+,26+/m0/s1. The molecule has 1 unspecified atom stereocenters. The van der Waals surface area contributed by atoms with Gasteiger partial charge < -0.3 is 9.84 Å². The van der Waals surface area contributed by atoms with Gasteiger partial charge in [-0.05, 0) is 80.0 Å². The van der Waals surface area contributed by atoms with E-state index in [0.717, 1.165) is 24.6 Å². The van der Waals surface area contributed by atoms with Crippen molar-refractivity contribution in [3.8, 4) is 5.75 Å². The van der Waals surface area contributed by atoms with Gasteiger partial charge in [0.15, 0.2) is 0 Å². The minimum Gasteiger partial charge on any atom is -0.497 e. The molecule has 0 radical (unpaired) electrons. The van der Waals surface area contributed by atoms with Crippen LogP contribution in [-0.4, -0.2) is 36.3 Å². The van der Waals surface area contributed by atoms with Crippen molar-refractivity contribution in [2.45, 2.75) is 51.1 Å². The van der Waals surface area contributed by atoms with Crippen molar-refractivity contribution in [1.29, 1.82) is 0 Å². The Kier molecular flexibility index (Phi) is 6.56. The Labute approximate surface area is 175 Å². The summed E-state index contributed by atoms with van der Waals surface area (Å²) in [5, 5.41) is 9.96. The third-order valence-electron chi connectivity index (χ3n) is 7.30. The number of hydrogen-bond donors (Lipinski definition) is 1. The first-order chi connectivity index (χ1) is 14.2. The first-order valence-corrected chi connectivity index (χ1v) is 11.2. The van der Waals surface area contributed by atoms with E-state index >= 15 is 0 Å². The van der Waals surface area contributed by atoms with E-state index in [9.17, 15) is 5.11 Å². The Morgan fingerprint density at radius 1 is 1.00 bits per heavy atom. The summed E-state index contributed by atoms with van der Waals surface area (Å²) in [6, 6.07) is 20.5. The van der Waals surface area contributed by atoms with Crippen LogP contribution in [0.5, 0.6) is 5.75 Å². The molecule has 2 aromatic carbocycles. The van der Waals surface area contributed by atoms with Crippen molar-refractivity contribution in [2.75, 3.05) is 20.3 Å². The maximum absolute atomic E-state index is 9.96. The lowest BCUT2D eigenvalue weighted by Gasteiger charge is -2.51. The number of piperidine rings is 1. The number of likely N-dealkylation sites (tertiary alicyclic amines) is 1. The molecule has 3 nitrogen and oxygen atoms in total. The molecule has 0 aromatic heterocycles. The summed E-state index contributed by atoms with van der Waals surface area (Å²) in [6.07, 6.45) is 6.20. The van der Waals surface area contributed by atoms with E-state index in [0.29, 0.717) is 30.5 Å². The largest absolute Gasteiger partial charge is 0.497 e. The van der Waals surface area contributed by atoms with Gasteiger partial charge in [-0.25, -0.2) is 0 Å². The molecule has 1 heterocycles. The van der Waals surface area contributed by atoms with E-state index in [1.54, 1.807) is 7.11 Å². The van der Waals surface area contributed by atoms with Gasteiger partial charge in [0.1, 0.15) is 5.75 Å². The zero-order valence-corrected chi connectivity index (χ0v) is 17.8. The lowest BCUT2D eigenvalue weighted by molar-refractivity contribution is -0.0241. The van der Waals surface area contributed by atoms with Crippen molar-refractivity contribution >= 4 is 0 Å². The molecule has 1 aliphatic carbocycles. The van der Waals surface area contributed by atoms with Gasteiger partial charge in [0.25, 0.3) is 0 Å². The van der Waals surface area contributed by atoms with E-state index in [2.05, 4.69) is 66.4 Å². The summed E-state index contributed by atoms with van der Waals surface area (Å²) in [5.74, 6) is 2.78. The number of nitrogens with zero attached hydrogens (tertiary/aromatic N) is 1. The van der Waals surface area contributed by atoms with Gasteiger partial charge in [-0.1, -0.05) is 42.5 Å². The van der Waals surface area contributed by atoms with Crippen molar-refractivity contribution < 1.29 is 9.84 Å². The second kappa shape index (κ2) is 9.32. The third kappa shape index (κ3) is 4.67. The zero-order chi connectivity index (χ0) is 20.2. The van der Waals surface area contributed by atoms with Crippen molar-refractivity contribution in [1.82, 2.24) is 4.90 Å². The molecule has 0 spiro atoms. The zero-order valence-electron chi connectivity index (χ0n) is 17.8. The molecule has 29 heavy (non-hydrogen) atoms. The minimum atomic E-state index is 0.310. The number of aliphatic hydroxyl groups excluding tert-OH is 1. The lowest BCUT2D eigenvalue weighted by atomic mass is 9.69. The lowest BCUT2D eigenvalue weighted by Crippen LogP contribution is -2.52. The van der Waals surface area contributed by atoms with Crippen LogP contribution in [0.15, 0.2) is 54.6 Å². The average Bonchev–Trinajstić information content (AvgIpc) is 2.78. The second-order valence-electron chi connectivity index (χ2n) is 9.13. The van der Waals surface area contributed by atoms with Gasteiger partial charge in [0.05, 0.1) is 7.11 Å². The molecule has 0 bridgehead atoms. The number of methoxy groups -OCH3 is 1. The number of aliphatic hydroxyl groups is 1. The fraction of sp³-hybridized carbons (Fsp3) is 0.538. The van der Waals surface area contributed by atoms with E-state index < -0.39 is 0 Å². The highest BCUT2D eigenvalue weighted by Gasteiger charge is 2.41. The Bertz CT molecular complexity index is 760. The van der Waals surface area contributed by atoms with Crippen molar-refractivity contribution in [3.63, 3.8) is 0 Å². The summed E-state index contributed by atoms with van der Waals surface area (Å²) < 4.78 is 5.30. The summed E-state index contributed by atoms with van der Waals surface area (Å²) in [5.41, 5.74) is 2.81. The number of ether oxygens (including phenoxy) is 1. The molecule has 1 saturated heterocycles. The summed E-state index contributed by atoms with van der Waals surface area (Å²) >= 11 is 0. The Hall–Kier alpha value is -1.84. The van der Waals surface area contributed by atoms with Gasteiger partial charge in [-0.3, -0.25) is 4.90 Å². The van der Waals surface area contributed by atoms with Crippen LogP contribution in [0.4, 0.5) is 0 Å². The number of benzene rings is 2. The topological polar surface area (TPSA) is 32.7 Å². The molecular formula is C26H35NO2. The van der Waals surface area contributed by atoms with Crippen LogP contribution in [0.2, 0.25) is 0 Å². The van der Waals surface area contributed by atoms with Crippen LogP contribution in [0.1, 0.15) is 49.8 Å². The van der Waals surface area contributed by atoms with Crippen molar-refractivity contribution in [3.05, 3.63) is 65.7 Å². The number of hydrogen-bond acceptors (Lipinski definition) is 3. The molecular weight excluding hydrogens is 358 g/mol. The Morgan fingerprint density at radius 2 is 1.72 bits per heavy atom. The number of rotatable bonds is 6. The SMILES string of the molecule is COc1ccc(C[C@@H]2CC[C@@H]3[C@@H](C[C@@H](CO)CN3C(C)c3ccccc3)C2)cc1. The van der Waals surface area contributed by atoms with Crippen LogP contribution in [0.25, 0.3) is 0 Å². The summed E-state index contributed by atoms with van der Waals surface area (Å²) in [7, 11) is 1.72. The fourth-order valence-corrected chi connectivity index (χ4v) is 5.75. The molecule has 1 saturated carbocycles. The summed E-state index contributed by atoms with van der Waals surface area (Å²) in [4.78, 5) is 2.70. The highest BCUT2D eigenvalue weighted by molar-refractivity contribution is 5.27. The molecule has 1 N–H and O–H groups in total. The third-order valence-corrected chi connectivity index (χ3v) is 7.30. The first kappa shape index (κ1) is 20.4. The molecule has 156 valence electrons. The monoisotopic (exact) mass is 393 g/mol. The smallest absolute Gasteiger partial charge is 0.118 e. The van der Waals surface area contributed by atoms with E-state index in [-0.39, 0.29) is 0 Å². The van der Waals surface area contributed by atoms with Gasteiger partial charge in [-0.2, -0.15) is 0 Å². The van der Waals surface area contributed by atoms with Crippen LogP contribution < -0.4 is 4.74 Å². The highest BCUT2D eigenvalue weighted by atomic mass is 16.5. The molecule has 2 aliphatic rings. The average molecular weight is 394 g/mol. The molecule has 3 heteroatoms. The Balaban J connectivity index is 1.45. The highest BCUT2D eigenvalue weighted by Crippen LogP contribution is 2.43. The van der Waals surface area contributed by atoms with Gasteiger partial charge in [0.2, 0.25) is 0 Å². The maximum atomic E-state index is 9.96. The molecule has 2 aromatic rings. The minimum absolute atomic E-state index is 0.310. The molecule has 0 amide bonds. The molecule has 4 rings (SSSR count). The van der Waals surface area contributed by atoms with Crippen LogP contribution in [-0.2, 0) is 6.42 Å². The van der Waals surface area contributed by atoms with Gasteiger partial charge >= 0.3 is 0 Å². The predicted molar refractivity (Wildman–Crippen MR) is 118 cm³/mol. The molecule has 1 aliphatic heterocycles. The second-order valence-corrected chi connectivity index (χ2v) is 9.13. The first-order valence-electron chi connectivity index (χ1n) is 11.2. The van der Waals surface area contributed by atoms with Crippen LogP contribution in [0, 0.1) is 17.8 Å². The van der Waals surface area contributed by atoms with Crippen molar-refractivity contribution in [2.24, 2.45) is 17.8 Å². The van der Waals surface area contributed by atoms with Gasteiger partial charge in [-0.15, -0.1) is 0 Å². The Morgan fingerprint density at radius 3 is 2.41 bits per heavy atom. The van der Waals surface area contributed by atoms with Crippen LogP contribution >= 0.6 is 0 Å². The van der Waals surface area contributed by atoms with E-state index in [4.69, 9.17) is 4.74 Å². The van der Waals surface area contributed by atoms with Gasteiger partial charge in [0, 0.05) is 25.2 Å². The quantitative estimate of drug-likeness (QED) is 0.741. The van der Waals surface area contributed by atoms with E-state index in [1.165, 1.54) is 36.8 Å².